The summed E-state index contributed by atoms with van der Waals surface area (Å²) in [5.41, 5.74) is 2.40. The van der Waals surface area contributed by atoms with Gasteiger partial charge in [0, 0.05) is 12.5 Å². The number of rotatable bonds is 5. The van der Waals surface area contributed by atoms with Crippen LogP contribution in [0.25, 0.3) is 0 Å². The zero-order valence-electron chi connectivity index (χ0n) is 13.7. The summed E-state index contributed by atoms with van der Waals surface area (Å²) in [5.74, 6) is -0.405. The summed E-state index contributed by atoms with van der Waals surface area (Å²) in [6, 6.07) is 20.5. The van der Waals surface area contributed by atoms with Crippen molar-refractivity contribution < 1.29 is 14.7 Å². The van der Waals surface area contributed by atoms with E-state index >= 15 is 0 Å². The zero-order chi connectivity index (χ0) is 17.2. The minimum Gasteiger partial charge on any atom is -0.387 e. The van der Waals surface area contributed by atoms with Gasteiger partial charge < -0.3 is 14.8 Å². The second-order valence-electron chi connectivity index (χ2n) is 6.46. The number of carbonyl (C=O) groups is 1. The molecule has 1 N–H and O–H groups in total. The van der Waals surface area contributed by atoms with Crippen LogP contribution in [-0.2, 0) is 9.63 Å². The number of aliphatic hydroxyl groups is 1. The molecule has 0 aliphatic carbocycles. The number of hydrogen-bond donors (Lipinski definition) is 1. The van der Waals surface area contributed by atoms with Gasteiger partial charge in [0.05, 0.1) is 6.21 Å². The van der Waals surface area contributed by atoms with Crippen LogP contribution in [0.3, 0.4) is 0 Å². The smallest absolute Gasteiger partial charge is 0.237 e. The number of aliphatic hydroxyl groups excluding tert-OH is 1. The van der Waals surface area contributed by atoms with Crippen molar-refractivity contribution in [2.75, 3.05) is 6.54 Å². The summed E-state index contributed by atoms with van der Waals surface area (Å²) in [5, 5.41) is 14.0. The van der Waals surface area contributed by atoms with Gasteiger partial charge in [-0.05, 0) is 17.5 Å². The Kier molecular flexibility index (Phi) is 4.24. The fourth-order valence-corrected chi connectivity index (χ4v) is 3.67. The van der Waals surface area contributed by atoms with Gasteiger partial charge in [-0.3, -0.25) is 4.79 Å². The van der Waals surface area contributed by atoms with Gasteiger partial charge in [0.15, 0.2) is 12.3 Å². The number of hydrogen-bond acceptors (Lipinski definition) is 4. The molecular formula is C20H20N2O3. The molecule has 0 saturated carbocycles. The molecule has 3 unspecified atom stereocenters. The van der Waals surface area contributed by atoms with E-state index in [1.807, 2.05) is 36.4 Å². The molecule has 2 aromatic carbocycles. The van der Waals surface area contributed by atoms with Crippen LogP contribution in [-0.4, -0.2) is 41.0 Å². The Hall–Kier alpha value is -2.66. The second-order valence-corrected chi connectivity index (χ2v) is 6.46. The summed E-state index contributed by atoms with van der Waals surface area (Å²) >= 11 is 0. The van der Waals surface area contributed by atoms with Crippen molar-refractivity contribution in [2.24, 2.45) is 11.1 Å². The van der Waals surface area contributed by atoms with Crippen LogP contribution in [0.15, 0.2) is 65.8 Å². The lowest BCUT2D eigenvalue weighted by Gasteiger charge is -2.25. The van der Waals surface area contributed by atoms with Crippen molar-refractivity contribution in [3.8, 4) is 0 Å². The van der Waals surface area contributed by atoms with Crippen LogP contribution in [0.1, 0.15) is 23.5 Å². The Morgan fingerprint density at radius 2 is 1.64 bits per heavy atom. The van der Waals surface area contributed by atoms with Crippen LogP contribution in [0, 0.1) is 5.92 Å². The summed E-state index contributed by atoms with van der Waals surface area (Å²) in [7, 11) is 0. The maximum absolute atomic E-state index is 12.5. The van der Waals surface area contributed by atoms with E-state index in [1.165, 1.54) is 22.2 Å². The van der Waals surface area contributed by atoms with Gasteiger partial charge in [0.2, 0.25) is 5.91 Å². The molecule has 25 heavy (non-hydrogen) atoms. The molecule has 1 amide bonds. The third-order valence-electron chi connectivity index (χ3n) is 5.00. The van der Waals surface area contributed by atoms with Crippen LogP contribution in [0.5, 0.6) is 0 Å². The average Bonchev–Trinajstić information content (AvgIpc) is 3.23. The highest BCUT2D eigenvalue weighted by molar-refractivity contribution is 5.97. The number of carbonyl (C=O) groups excluding carboxylic acids is 1. The number of fused-ring (bicyclic) bond motifs is 1. The molecule has 128 valence electrons. The van der Waals surface area contributed by atoms with Gasteiger partial charge in [-0.15, -0.1) is 0 Å². The van der Waals surface area contributed by atoms with E-state index in [0.717, 1.165) is 6.42 Å². The first kappa shape index (κ1) is 15.8. The Bertz CT molecular complexity index is 724. The predicted octanol–water partition coefficient (Wildman–Crippen LogP) is 2.37. The summed E-state index contributed by atoms with van der Waals surface area (Å²) in [6.07, 6.45) is 0.710. The van der Waals surface area contributed by atoms with Crippen molar-refractivity contribution in [1.82, 2.24) is 4.90 Å². The third kappa shape index (κ3) is 2.91. The van der Waals surface area contributed by atoms with Gasteiger partial charge in [-0.1, -0.05) is 65.8 Å². The summed E-state index contributed by atoms with van der Waals surface area (Å²) in [6.45, 7) is 0.471. The first-order valence-corrected chi connectivity index (χ1v) is 8.53. The van der Waals surface area contributed by atoms with Gasteiger partial charge in [0.1, 0.15) is 5.92 Å². The van der Waals surface area contributed by atoms with Crippen molar-refractivity contribution in [1.29, 1.82) is 0 Å². The first-order valence-electron chi connectivity index (χ1n) is 8.53. The van der Waals surface area contributed by atoms with Crippen LogP contribution in [0.2, 0.25) is 0 Å². The summed E-state index contributed by atoms with van der Waals surface area (Å²) < 4.78 is 0. The second kappa shape index (κ2) is 6.69. The molecule has 2 heterocycles. The lowest BCUT2D eigenvalue weighted by atomic mass is 9.88. The number of oxime groups is 1. The zero-order valence-corrected chi connectivity index (χ0v) is 13.7. The molecule has 2 aliphatic heterocycles. The van der Waals surface area contributed by atoms with E-state index < -0.39 is 18.2 Å². The molecule has 0 aromatic heterocycles. The third-order valence-corrected chi connectivity index (χ3v) is 5.00. The Labute approximate surface area is 146 Å². The largest absolute Gasteiger partial charge is 0.387 e. The maximum atomic E-state index is 12.5. The van der Waals surface area contributed by atoms with E-state index in [9.17, 15) is 9.90 Å². The Balaban J connectivity index is 1.54. The molecule has 0 spiro atoms. The maximum Gasteiger partial charge on any atom is 0.237 e. The van der Waals surface area contributed by atoms with E-state index in [-0.39, 0.29) is 11.8 Å². The molecule has 5 heteroatoms. The van der Waals surface area contributed by atoms with Gasteiger partial charge >= 0.3 is 0 Å². The van der Waals surface area contributed by atoms with Crippen LogP contribution < -0.4 is 0 Å². The van der Waals surface area contributed by atoms with Gasteiger partial charge in [-0.2, -0.15) is 0 Å². The van der Waals surface area contributed by atoms with Crippen LogP contribution >= 0.6 is 0 Å². The van der Waals surface area contributed by atoms with Crippen LogP contribution in [0.4, 0.5) is 0 Å². The highest BCUT2D eigenvalue weighted by Crippen LogP contribution is 2.32. The van der Waals surface area contributed by atoms with Gasteiger partial charge in [0.25, 0.3) is 0 Å². The molecule has 1 fully saturated rings. The van der Waals surface area contributed by atoms with Crippen molar-refractivity contribution in [3.05, 3.63) is 71.8 Å². The van der Waals surface area contributed by atoms with E-state index in [0.29, 0.717) is 6.54 Å². The quantitative estimate of drug-likeness (QED) is 0.912. The molecule has 0 radical (unpaired) electrons. The van der Waals surface area contributed by atoms with Crippen molar-refractivity contribution >= 4 is 12.1 Å². The molecule has 4 rings (SSSR count). The minimum atomic E-state index is -0.938. The molecule has 2 aromatic rings. The first-order chi connectivity index (χ1) is 12.3. The number of amides is 1. The standard InChI is InChI=1S/C20H20N2O3/c23-19-17-13-21-25-18(17)20(24)22(19)12-11-16(14-7-3-1-4-8-14)15-9-5-2-6-10-15/h1-10,13,16-18,20,24H,11-12H2. The van der Waals surface area contributed by atoms with Crippen molar-refractivity contribution in [3.63, 3.8) is 0 Å². The molecule has 0 bridgehead atoms. The average molecular weight is 336 g/mol. The van der Waals surface area contributed by atoms with Crippen molar-refractivity contribution in [2.45, 2.75) is 24.7 Å². The van der Waals surface area contributed by atoms with E-state index in [2.05, 4.69) is 29.4 Å². The highest BCUT2D eigenvalue weighted by Gasteiger charge is 2.51. The Morgan fingerprint density at radius 3 is 2.20 bits per heavy atom. The van der Waals surface area contributed by atoms with E-state index in [4.69, 9.17) is 4.84 Å². The lowest BCUT2D eigenvalue weighted by Crippen LogP contribution is -2.38. The predicted molar refractivity (Wildman–Crippen MR) is 93.9 cm³/mol. The normalized spacial score (nSPS) is 24.6. The monoisotopic (exact) mass is 336 g/mol. The summed E-state index contributed by atoms with van der Waals surface area (Å²) in [4.78, 5) is 19.1. The fraction of sp³-hybridized carbons (Fsp3) is 0.300. The minimum absolute atomic E-state index is 0.112. The number of nitrogens with zero attached hydrogens (tertiary/aromatic N) is 2. The molecule has 5 nitrogen and oxygen atoms in total. The molecular weight excluding hydrogens is 316 g/mol. The van der Waals surface area contributed by atoms with E-state index in [1.54, 1.807) is 0 Å². The topological polar surface area (TPSA) is 62.1 Å². The number of likely N-dealkylation sites (tertiary alicyclic amines) is 1. The van der Waals surface area contributed by atoms with Gasteiger partial charge in [-0.25, -0.2) is 0 Å². The highest BCUT2D eigenvalue weighted by atomic mass is 16.7. The molecule has 1 saturated heterocycles. The fourth-order valence-electron chi connectivity index (χ4n) is 3.67. The SMILES string of the molecule is O=C1C2C=NOC2C(O)N1CCC(c1ccccc1)c1ccccc1. The Morgan fingerprint density at radius 1 is 1.04 bits per heavy atom. The molecule has 2 aliphatic rings. The lowest BCUT2D eigenvalue weighted by molar-refractivity contribution is -0.135. The molecule has 3 atom stereocenters. The number of benzene rings is 2.